The molecule has 38 heavy (non-hydrogen) atoms. The van der Waals surface area contributed by atoms with E-state index in [1.54, 1.807) is 6.08 Å². The normalized spacial score (nSPS) is 14.8. The average molecular weight is 534 g/mol. The number of aliphatic hydroxyl groups excluding tert-OH is 3. The van der Waals surface area contributed by atoms with E-state index in [2.05, 4.69) is 55.6 Å². The fourth-order valence-electron chi connectivity index (χ4n) is 4.13. The monoisotopic (exact) mass is 533 g/mol. The van der Waals surface area contributed by atoms with Crippen LogP contribution in [0.2, 0.25) is 0 Å². The molecule has 0 aromatic heterocycles. The minimum atomic E-state index is -1.12. The highest BCUT2D eigenvalue weighted by atomic mass is 16.3. The molecule has 0 saturated carbocycles. The fourth-order valence-corrected chi connectivity index (χ4v) is 4.13. The number of hydrogen-bond donors (Lipinski definition) is 4. The van der Waals surface area contributed by atoms with Gasteiger partial charge in [0, 0.05) is 0 Å². The SMILES string of the molecule is CCCCC/C=C\C=C/CCCCCCCC(O)C(=O)NC(CO)C(O)/C=C/CC/C=C/CCCCCC. The van der Waals surface area contributed by atoms with E-state index >= 15 is 0 Å². The van der Waals surface area contributed by atoms with Crippen molar-refractivity contribution in [2.24, 2.45) is 0 Å². The maximum absolute atomic E-state index is 12.3. The van der Waals surface area contributed by atoms with Crippen molar-refractivity contribution in [3.8, 4) is 0 Å². The molecule has 0 aromatic rings. The van der Waals surface area contributed by atoms with Crippen molar-refractivity contribution in [3.05, 3.63) is 48.6 Å². The molecule has 4 N–H and O–H groups in total. The third-order valence-electron chi connectivity index (χ3n) is 6.67. The van der Waals surface area contributed by atoms with E-state index in [9.17, 15) is 20.1 Å². The molecule has 0 aliphatic rings. The average Bonchev–Trinajstić information content (AvgIpc) is 2.92. The fraction of sp³-hybridized carbons (Fsp3) is 0.727. The summed E-state index contributed by atoms with van der Waals surface area (Å²) in [4.78, 5) is 12.3. The highest BCUT2D eigenvalue weighted by Crippen LogP contribution is 2.10. The Hall–Kier alpha value is -1.69. The molecule has 0 spiro atoms. The zero-order chi connectivity index (χ0) is 28.1. The molecule has 0 aromatic carbocycles. The third-order valence-corrected chi connectivity index (χ3v) is 6.67. The summed E-state index contributed by atoms with van der Waals surface area (Å²) in [6.45, 7) is 4.05. The maximum Gasteiger partial charge on any atom is 0.249 e. The second-order valence-electron chi connectivity index (χ2n) is 10.3. The first kappa shape index (κ1) is 36.3. The van der Waals surface area contributed by atoms with E-state index in [4.69, 9.17) is 0 Å². The molecule has 5 heteroatoms. The number of carbonyl (C=O) groups is 1. The predicted octanol–water partition coefficient (Wildman–Crippen LogP) is 7.47. The van der Waals surface area contributed by atoms with Crippen LogP contribution in [0.4, 0.5) is 0 Å². The summed E-state index contributed by atoms with van der Waals surface area (Å²) in [5.41, 5.74) is 0. The van der Waals surface area contributed by atoms with Gasteiger partial charge in [0.2, 0.25) is 5.91 Å². The van der Waals surface area contributed by atoms with Gasteiger partial charge in [-0.2, -0.15) is 0 Å². The van der Waals surface area contributed by atoms with E-state index in [1.807, 2.05) is 6.08 Å². The lowest BCUT2D eigenvalue weighted by Gasteiger charge is -2.21. The molecule has 220 valence electrons. The zero-order valence-electron chi connectivity index (χ0n) is 24.5. The van der Waals surface area contributed by atoms with Crippen molar-refractivity contribution in [1.82, 2.24) is 5.32 Å². The number of nitrogens with one attached hydrogen (secondary N) is 1. The van der Waals surface area contributed by atoms with Crippen molar-refractivity contribution in [3.63, 3.8) is 0 Å². The maximum atomic E-state index is 12.3. The Kier molecular flexibility index (Phi) is 27.1. The van der Waals surface area contributed by atoms with Crippen LogP contribution in [0.3, 0.4) is 0 Å². The molecule has 0 rings (SSSR count). The van der Waals surface area contributed by atoms with Crippen LogP contribution in [0, 0.1) is 0 Å². The van der Waals surface area contributed by atoms with Gasteiger partial charge >= 0.3 is 0 Å². The summed E-state index contributed by atoms with van der Waals surface area (Å²) in [6, 6.07) is -0.818. The molecular formula is C33H59NO4. The van der Waals surface area contributed by atoms with Crippen LogP contribution in [0.25, 0.3) is 0 Å². The van der Waals surface area contributed by atoms with E-state index < -0.39 is 24.2 Å². The molecule has 0 aliphatic carbocycles. The smallest absolute Gasteiger partial charge is 0.249 e. The number of unbranched alkanes of at least 4 members (excludes halogenated alkanes) is 13. The minimum absolute atomic E-state index is 0.384. The van der Waals surface area contributed by atoms with E-state index in [0.717, 1.165) is 64.2 Å². The molecular weight excluding hydrogens is 474 g/mol. The van der Waals surface area contributed by atoms with Gasteiger partial charge in [0.25, 0.3) is 0 Å². The Morgan fingerprint density at radius 1 is 0.658 bits per heavy atom. The van der Waals surface area contributed by atoms with E-state index in [0.29, 0.717) is 6.42 Å². The van der Waals surface area contributed by atoms with Crippen LogP contribution >= 0.6 is 0 Å². The molecule has 0 bridgehead atoms. The molecule has 3 atom stereocenters. The predicted molar refractivity (Wildman–Crippen MR) is 162 cm³/mol. The second kappa shape index (κ2) is 28.3. The van der Waals surface area contributed by atoms with E-state index in [-0.39, 0.29) is 6.61 Å². The topological polar surface area (TPSA) is 89.8 Å². The molecule has 0 fully saturated rings. The first-order valence-electron chi connectivity index (χ1n) is 15.5. The lowest BCUT2D eigenvalue weighted by atomic mass is 10.1. The van der Waals surface area contributed by atoms with Gasteiger partial charge < -0.3 is 20.6 Å². The van der Waals surface area contributed by atoms with Crippen LogP contribution in [0.15, 0.2) is 48.6 Å². The van der Waals surface area contributed by atoms with Gasteiger partial charge in [-0.25, -0.2) is 0 Å². The Morgan fingerprint density at radius 2 is 1.16 bits per heavy atom. The highest BCUT2D eigenvalue weighted by molar-refractivity contribution is 5.80. The first-order valence-corrected chi connectivity index (χ1v) is 15.5. The summed E-state index contributed by atoms with van der Waals surface area (Å²) < 4.78 is 0. The van der Waals surface area contributed by atoms with Crippen LogP contribution in [-0.2, 0) is 4.79 Å². The number of hydrogen-bond acceptors (Lipinski definition) is 4. The molecule has 3 unspecified atom stereocenters. The zero-order valence-corrected chi connectivity index (χ0v) is 24.5. The van der Waals surface area contributed by atoms with Crippen molar-refractivity contribution in [2.75, 3.05) is 6.61 Å². The summed E-state index contributed by atoms with van der Waals surface area (Å²) in [7, 11) is 0. The van der Waals surface area contributed by atoms with Crippen molar-refractivity contribution < 1.29 is 20.1 Å². The van der Waals surface area contributed by atoms with Gasteiger partial charge in [-0.05, 0) is 57.8 Å². The highest BCUT2D eigenvalue weighted by Gasteiger charge is 2.22. The Balaban J connectivity index is 3.92. The largest absolute Gasteiger partial charge is 0.394 e. The first-order chi connectivity index (χ1) is 18.6. The molecule has 0 heterocycles. The second-order valence-corrected chi connectivity index (χ2v) is 10.3. The van der Waals surface area contributed by atoms with Crippen LogP contribution < -0.4 is 5.32 Å². The van der Waals surface area contributed by atoms with Gasteiger partial charge in [-0.15, -0.1) is 0 Å². The molecule has 0 saturated heterocycles. The van der Waals surface area contributed by atoms with Crippen LogP contribution in [0.1, 0.15) is 129 Å². The summed E-state index contributed by atoms with van der Waals surface area (Å²) >= 11 is 0. The Morgan fingerprint density at radius 3 is 1.82 bits per heavy atom. The van der Waals surface area contributed by atoms with Gasteiger partial charge in [0.05, 0.1) is 18.8 Å². The van der Waals surface area contributed by atoms with E-state index in [1.165, 1.54) is 44.9 Å². The number of aliphatic hydroxyl groups is 3. The quantitative estimate of drug-likeness (QED) is 0.0527. The number of carbonyl (C=O) groups excluding carboxylic acids is 1. The number of rotatable bonds is 26. The molecule has 0 aliphatic heterocycles. The summed E-state index contributed by atoms with van der Waals surface area (Å²) in [5.74, 6) is -0.532. The summed E-state index contributed by atoms with van der Waals surface area (Å²) in [6.07, 6.45) is 34.0. The number of allylic oxidation sites excluding steroid dienone is 7. The standard InChI is InChI=1S/C33H59NO4/c1-3-5-7-9-11-13-15-16-17-18-20-22-24-26-28-32(37)33(38)34-30(29-35)31(36)27-25-23-21-19-14-12-10-8-6-4-2/h11,13-16,19,25,27,30-32,35-37H,3-10,12,17-18,20-24,26,28-29H2,1-2H3,(H,34,38)/b13-11-,16-15-,19-14+,27-25+. The van der Waals surface area contributed by atoms with Crippen molar-refractivity contribution in [1.29, 1.82) is 0 Å². The van der Waals surface area contributed by atoms with Gasteiger partial charge in [0.15, 0.2) is 0 Å². The van der Waals surface area contributed by atoms with Crippen molar-refractivity contribution >= 4 is 5.91 Å². The minimum Gasteiger partial charge on any atom is -0.394 e. The molecule has 1 amide bonds. The van der Waals surface area contributed by atoms with Crippen LogP contribution in [0.5, 0.6) is 0 Å². The molecule has 0 radical (unpaired) electrons. The number of amides is 1. The van der Waals surface area contributed by atoms with Gasteiger partial charge in [-0.1, -0.05) is 120 Å². The lowest BCUT2D eigenvalue weighted by Crippen LogP contribution is -2.48. The van der Waals surface area contributed by atoms with Gasteiger partial charge in [-0.3, -0.25) is 4.79 Å². The Bertz CT molecular complexity index is 641. The third kappa shape index (κ3) is 23.4. The van der Waals surface area contributed by atoms with Crippen molar-refractivity contribution in [2.45, 2.75) is 148 Å². The lowest BCUT2D eigenvalue weighted by molar-refractivity contribution is -0.131. The summed E-state index contributed by atoms with van der Waals surface area (Å²) in [5, 5.41) is 32.7. The van der Waals surface area contributed by atoms with Crippen LogP contribution in [-0.4, -0.2) is 46.1 Å². The molecule has 5 nitrogen and oxygen atoms in total. The Labute approximate surface area is 234 Å². The van der Waals surface area contributed by atoms with Gasteiger partial charge in [0.1, 0.15) is 6.10 Å².